The average molecular weight is 591 g/mol. The van der Waals surface area contributed by atoms with E-state index in [0.717, 1.165) is 0 Å². The molecule has 0 saturated carbocycles. The number of hydrogen-bond donors (Lipinski definition) is 1. The van der Waals surface area contributed by atoms with Gasteiger partial charge in [0.25, 0.3) is 5.56 Å². The molecular weight excluding hydrogens is 548 g/mol. The summed E-state index contributed by atoms with van der Waals surface area (Å²) in [6.07, 6.45) is -0.273. The van der Waals surface area contributed by atoms with Crippen molar-refractivity contribution < 1.29 is 24.1 Å². The number of carbonyl (C=O) groups is 1. The smallest absolute Gasteiger partial charge is 0.425 e. The van der Waals surface area contributed by atoms with Gasteiger partial charge >= 0.3 is 11.8 Å². The van der Waals surface area contributed by atoms with Gasteiger partial charge in [0, 0.05) is 23.5 Å². The van der Waals surface area contributed by atoms with Crippen molar-refractivity contribution in [1.82, 2.24) is 9.13 Å². The Morgan fingerprint density at radius 2 is 1.69 bits per heavy atom. The van der Waals surface area contributed by atoms with Gasteiger partial charge in [-0.05, 0) is 47.0 Å². The molecule has 1 aromatic heterocycles. The van der Waals surface area contributed by atoms with E-state index in [0.29, 0.717) is 4.57 Å². The quantitative estimate of drug-likeness (QED) is 0.408. The number of ether oxygens (including phenoxy) is 3. The second kappa shape index (κ2) is 10.1. The van der Waals surface area contributed by atoms with Crippen molar-refractivity contribution in [3.8, 4) is 0 Å². The van der Waals surface area contributed by atoms with Gasteiger partial charge in [-0.2, -0.15) is 4.57 Å². The largest absolute Gasteiger partial charge is 0.443 e. The highest BCUT2D eigenvalue weighted by atomic mass is 79.9. The molecule has 0 unspecified atom stereocenters. The van der Waals surface area contributed by atoms with Crippen molar-refractivity contribution >= 4 is 30.8 Å². The van der Waals surface area contributed by atoms with Crippen LogP contribution in [-0.2, 0) is 24.9 Å². The van der Waals surface area contributed by atoms with E-state index in [1.54, 1.807) is 20.8 Å². The molecule has 0 bridgehead atoms. The number of alkyl halides is 1. The Labute approximate surface area is 223 Å². The molecule has 0 amide bonds. The van der Waals surface area contributed by atoms with Crippen molar-refractivity contribution in [2.24, 2.45) is 5.41 Å². The highest BCUT2D eigenvalue weighted by molar-refractivity contribution is 9.08. The highest BCUT2D eigenvalue weighted by Gasteiger charge is 2.62. The van der Waals surface area contributed by atoms with E-state index >= 15 is 0 Å². The van der Waals surface area contributed by atoms with Gasteiger partial charge in [0.2, 0.25) is 0 Å². The molecule has 1 N–H and O–H groups in total. The Hall–Kier alpha value is -1.27. The van der Waals surface area contributed by atoms with E-state index in [2.05, 4.69) is 15.9 Å². The maximum absolute atomic E-state index is 13.8. The summed E-state index contributed by atoms with van der Waals surface area (Å²) in [6, 6.07) is 0. The summed E-state index contributed by atoms with van der Waals surface area (Å²) in [6.45, 7) is 20.6. The Morgan fingerprint density at radius 1 is 1.14 bits per heavy atom. The monoisotopic (exact) mass is 589 g/mol. The zero-order chi connectivity index (χ0) is 28.1. The summed E-state index contributed by atoms with van der Waals surface area (Å²) in [5.74, 6) is 0. The Bertz CT molecular complexity index is 1090. The van der Waals surface area contributed by atoms with Crippen LogP contribution in [0.1, 0.15) is 74.3 Å². The van der Waals surface area contributed by atoms with Gasteiger partial charge < -0.3 is 19.3 Å². The molecule has 0 aliphatic carbocycles. The van der Waals surface area contributed by atoms with Gasteiger partial charge in [-0.3, -0.25) is 9.36 Å². The van der Waals surface area contributed by atoms with E-state index in [1.807, 2.05) is 54.6 Å². The zero-order valence-electron chi connectivity index (χ0n) is 23.4. The molecule has 11 heteroatoms. The molecule has 3 atom stereocenters. The van der Waals surface area contributed by atoms with Crippen molar-refractivity contribution in [2.45, 2.75) is 115 Å². The highest BCUT2D eigenvalue weighted by Crippen LogP contribution is 2.51. The molecular formula is C25H42BrN2O7Si. The van der Waals surface area contributed by atoms with Crippen LogP contribution in [0.3, 0.4) is 0 Å². The van der Waals surface area contributed by atoms with Gasteiger partial charge in [0.15, 0.2) is 0 Å². The van der Waals surface area contributed by atoms with E-state index in [9.17, 15) is 19.5 Å². The van der Waals surface area contributed by atoms with Crippen LogP contribution in [-0.4, -0.2) is 58.6 Å². The van der Waals surface area contributed by atoms with Gasteiger partial charge in [-0.25, -0.2) is 9.59 Å². The number of halogens is 1. The van der Waals surface area contributed by atoms with Crippen LogP contribution in [0.5, 0.6) is 0 Å². The van der Waals surface area contributed by atoms with Crippen molar-refractivity contribution in [1.29, 1.82) is 0 Å². The van der Waals surface area contributed by atoms with Crippen molar-refractivity contribution in [3.05, 3.63) is 32.6 Å². The third kappa shape index (κ3) is 6.06. The van der Waals surface area contributed by atoms with Crippen LogP contribution in [0, 0.1) is 5.41 Å². The van der Waals surface area contributed by atoms with Crippen molar-refractivity contribution in [2.75, 3.05) is 6.61 Å². The normalized spacial score (nSPS) is 25.4. The first-order valence-electron chi connectivity index (χ1n) is 12.1. The second-order valence-corrected chi connectivity index (χ2v) is 16.1. The number of rotatable bonds is 5. The van der Waals surface area contributed by atoms with Gasteiger partial charge in [0.05, 0.1) is 12.2 Å². The van der Waals surface area contributed by atoms with Crippen LogP contribution in [0.15, 0.2) is 15.8 Å². The first-order chi connectivity index (χ1) is 16.1. The third-order valence-electron chi connectivity index (χ3n) is 6.40. The van der Waals surface area contributed by atoms with Crippen LogP contribution in [0.2, 0.25) is 13.1 Å². The Balaban J connectivity index is 2.81. The molecule has 1 radical (unpaired) electrons. The van der Waals surface area contributed by atoms with E-state index in [1.165, 1.54) is 10.8 Å². The van der Waals surface area contributed by atoms with Gasteiger partial charge in [-0.1, -0.05) is 49.8 Å². The maximum atomic E-state index is 13.8. The van der Waals surface area contributed by atoms with Crippen LogP contribution >= 0.6 is 15.9 Å². The summed E-state index contributed by atoms with van der Waals surface area (Å²) in [5.41, 5.74) is -4.79. The molecule has 1 fully saturated rings. The molecule has 1 aliphatic rings. The van der Waals surface area contributed by atoms with Crippen molar-refractivity contribution in [3.63, 3.8) is 0 Å². The average Bonchev–Trinajstić information content (AvgIpc) is 2.99. The Kier molecular flexibility index (Phi) is 8.71. The van der Waals surface area contributed by atoms with E-state index < -0.39 is 59.8 Å². The summed E-state index contributed by atoms with van der Waals surface area (Å²) in [4.78, 5) is 39.9. The number of nitrogens with zero attached hydrogens (tertiary/aromatic N) is 2. The number of hydrogen-bond acceptors (Lipinski definition) is 7. The Morgan fingerprint density at radius 3 is 2.11 bits per heavy atom. The maximum Gasteiger partial charge on any atom is 0.425 e. The lowest BCUT2D eigenvalue weighted by atomic mass is 9.72. The first-order valence-corrected chi connectivity index (χ1v) is 15.7. The first kappa shape index (κ1) is 30.9. The molecule has 2 rings (SSSR count). The summed E-state index contributed by atoms with van der Waals surface area (Å²) in [7, 11) is -1.53. The number of carbonyl (C=O) groups excluding carboxylic acids is 1. The predicted molar refractivity (Wildman–Crippen MR) is 144 cm³/mol. The lowest BCUT2D eigenvalue weighted by molar-refractivity contribution is -0.160. The minimum atomic E-state index is -1.53. The summed E-state index contributed by atoms with van der Waals surface area (Å²) >= 11 is 3.31. The van der Waals surface area contributed by atoms with Gasteiger partial charge in [0.1, 0.15) is 31.5 Å². The summed E-state index contributed by atoms with van der Waals surface area (Å²) in [5, 5.41) is 10.9. The molecule has 0 spiro atoms. The fourth-order valence-corrected chi connectivity index (χ4v) is 6.23. The lowest BCUT2D eigenvalue weighted by Gasteiger charge is -2.41. The molecule has 1 saturated heterocycles. The minimum absolute atomic E-state index is 0.0944. The molecule has 0 aromatic carbocycles. The number of aromatic nitrogens is 2. The molecule has 1 aromatic rings. The standard InChI is InChI=1S/C25H42BrN2O7Si/c1-21(2,3)24(32)15-25(36(10)11,34-17(24)14-33-22(4,5)6)27-13-16(12-26)18(29)28(19(27)30)20(31)35-23(7,8)9/h13,17,32H,12,14-15H2,1-11H3/t17-,24+,25+/m1/s1. The molecule has 205 valence electrons. The SMILES string of the molecule is C[Si](C)[C@]1(n2cc(CBr)c(=O)n(C(=O)OC(C)(C)C)c2=O)C[C@@](O)(C(C)(C)C)[C@@H](COC(C)(C)C)O1. The topological polar surface area (TPSA) is 109 Å². The molecule has 1 aliphatic heterocycles. The van der Waals surface area contributed by atoms with E-state index in [-0.39, 0.29) is 23.9 Å². The minimum Gasteiger partial charge on any atom is -0.443 e. The second-order valence-electron chi connectivity index (χ2n) is 12.7. The molecule has 9 nitrogen and oxygen atoms in total. The van der Waals surface area contributed by atoms with Crippen LogP contribution < -0.4 is 11.2 Å². The van der Waals surface area contributed by atoms with Gasteiger partial charge in [-0.15, -0.1) is 0 Å². The summed E-state index contributed by atoms with van der Waals surface area (Å²) < 4.78 is 19.9. The lowest BCUT2D eigenvalue weighted by Crippen LogP contribution is -2.57. The molecule has 2 heterocycles. The van der Waals surface area contributed by atoms with Crippen LogP contribution in [0.25, 0.3) is 0 Å². The molecule has 36 heavy (non-hydrogen) atoms. The van der Waals surface area contributed by atoms with E-state index in [4.69, 9.17) is 14.2 Å². The fraction of sp³-hybridized carbons (Fsp3) is 0.800. The number of aliphatic hydroxyl groups is 1. The predicted octanol–water partition coefficient (Wildman–Crippen LogP) is 4.02. The zero-order valence-corrected chi connectivity index (χ0v) is 26.0. The fourth-order valence-electron chi connectivity index (χ4n) is 4.20. The van der Waals surface area contributed by atoms with Crippen LogP contribution in [0.4, 0.5) is 4.79 Å². The third-order valence-corrected chi connectivity index (χ3v) is 9.10.